The molecule has 4 rings (SSSR count). The quantitative estimate of drug-likeness (QED) is 0.314. The highest BCUT2D eigenvalue weighted by atomic mass is 32.2. The van der Waals surface area contributed by atoms with E-state index in [9.17, 15) is 13.2 Å². The first kappa shape index (κ1) is 23.1. The topological polar surface area (TPSA) is 67.3 Å². The zero-order chi connectivity index (χ0) is 23.4. The Morgan fingerprint density at radius 3 is 2.42 bits per heavy atom. The molecule has 0 saturated heterocycles. The summed E-state index contributed by atoms with van der Waals surface area (Å²) in [5.41, 5.74) is 2.66. The van der Waals surface area contributed by atoms with Crippen molar-refractivity contribution in [2.24, 2.45) is 0 Å². The van der Waals surface area contributed by atoms with Crippen LogP contribution >= 0.6 is 11.3 Å². The van der Waals surface area contributed by atoms with Gasteiger partial charge in [0.05, 0.1) is 0 Å². The first-order valence-electron chi connectivity index (χ1n) is 10.7. The molecule has 1 heterocycles. The Labute approximate surface area is 198 Å². The van der Waals surface area contributed by atoms with Gasteiger partial charge in [0.15, 0.2) is 20.8 Å². The van der Waals surface area contributed by atoms with Crippen LogP contribution in [-0.2, 0) is 22.8 Å². The molecule has 0 N–H and O–H groups in total. The summed E-state index contributed by atoms with van der Waals surface area (Å²) in [4.78, 5) is 20.1. The summed E-state index contributed by atoms with van der Waals surface area (Å²) in [6.07, 6.45) is 1.89. The van der Waals surface area contributed by atoms with Gasteiger partial charge in [-0.05, 0) is 35.2 Å². The number of fused-ring (bicyclic) bond motifs is 1. The maximum absolute atomic E-state index is 12.5. The van der Waals surface area contributed by atoms with E-state index in [1.165, 1.54) is 27.7 Å². The first-order chi connectivity index (χ1) is 15.8. The van der Waals surface area contributed by atoms with E-state index < -0.39 is 21.4 Å². The van der Waals surface area contributed by atoms with Crippen LogP contribution in [0.3, 0.4) is 0 Å². The highest BCUT2D eigenvalue weighted by molar-refractivity contribution is 7.91. The number of rotatable bonds is 9. The lowest BCUT2D eigenvalue weighted by Gasteiger charge is -2.22. The van der Waals surface area contributed by atoms with Gasteiger partial charge in [-0.2, -0.15) is 0 Å². The lowest BCUT2D eigenvalue weighted by molar-refractivity contribution is 0.101. The third-order valence-electron chi connectivity index (χ3n) is 5.46. The standard InChI is InChI=1S/C26H26N2O3S2/c1-19-25(24(29)18-33(2,30)31)27-26(32-19)28(17-20-9-4-3-5-10-20)16-15-22-13-8-12-21-11-6-7-14-23(21)22/h3-14H,15-18H2,1-2H3. The normalized spacial score (nSPS) is 11.6. The Balaban J connectivity index is 1.63. The largest absolute Gasteiger partial charge is 0.343 e. The minimum absolute atomic E-state index is 0.253. The van der Waals surface area contributed by atoms with Crippen LogP contribution in [0.4, 0.5) is 5.13 Å². The van der Waals surface area contributed by atoms with Crippen LogP contribution in [0.1, 0.15) is 26.5 Å². The number of carbonyl (C=O) groups excluding carboxylic acids is 1. The molecule has 1 aromatic heterocycles. The SMILES string of the molecule is Cc1sc(N(CCc2cccc3ccccc23)Cc2ccccc2)nc1C(=O)CS(C)(=O)=O. The number of Topliss-reactive ketones (excluding diaryl/α,β-unsaturated/α-hetero) is 1. The molecular formula is C26H26N2O3S2. The zero-order valence-corrected chi connectivity index (χ0v) is 20.3. The fourth-order valence-electron chi connectivity index (χ4n) is 3.89. The lowest BCUT2D eigenvalue weighted by atomic mass is 10.0. The number of aromatic nitrogens is 1. The van der Waals surface area contributed by atoms with Crippen molar-refractivity contribution in [2.45, 2.75) is 19.9 Å². The molecule has 0 saturated carbocycles. The van der Waals surface area contributed by atoms with Crippen LogP contribution in [-0.4, -0.2) is 37.7 Å². The lowest BCUT2D eigenvalue weighted by Crippen LogP contribution is -2.25. The summed E-state index contributed by atoms with van der Waals surface area (Å²) < 4.78 is 23.2. The van der Waals surface area contributed by atoms with Crippen LogP contribution in [0.2, 0.25) is 0 Å². The van der Waals surface area contributed by atoms with Crippen molar-refractivity contribution < 1.29 is 13.2 Å². The van der Waals surface area contributed by atoms with E-state index in [1.807, 2.05) is 31.2 Å². The zero-order valence-electron chi connectivity index (χ0n) is 18.7. The van der Waals surface area contributed by atoms with E-state index >= 15 is 0 Å². The molecule has 0 fully saturated rings. The predicted octanol–water partition coefficient (Wildman–Crippen LogP) is 5.08. The number of benzene rings is 3. The Morgan fingerprint density at radius 2 is 1.67 bits per heavy atom. The molecule has 7 heteroatoms. The fourth-order valence-corrected chi connectivity index (χ4v) is 5.46. The molecule has 0 atom stereocenters. The molecule has 0 aliphatic heterocycles. The van der Waals surface area contributed by atoms with Crippen molar-refractivity contribution in [3.05, 3.63) is 94.5 Å². The van der Waals surface area contributed by atoms with E-state index in [-0.39, 0.29) is 5.69 Å². The summed E-state index contributed by atoms with van der Waals surface area (Å²) in [5.74, 6) is -0.975. The first-order valence-corrected chi connectivity index (χ1v) is 13.6. The average Bonchev–Trinajstić information content (AvgIpc) is 3.18. The molecule has 33 heavy (non-hydrogen) atoms. The summed E-state index contributed by atoms with van der Waals surface area (Å²) in [6.45, 7) is 3.19. The van der Waals surface area contributed by atoms with Crippen molar-refractivity contribution in [3.8, 4) is 0 Å². The maximum atomic E-state index is 12.5. The van der Waals surface area contributed by atoms with Gasteiger partial charge in [0.1, 0.15) is 11.4 Å². The summed E-state index contributed by atoms with van der Waals surface area (Å²) >= 11 is 1.43. The summed E-state index contributed by atoms with van der Waals surface area (Å²) in [7, 11) is -3.41. The van der Waals surface area contributed by atoms with Gasteiger partial charge < -0.3 is 4.90 Å². The number of ketones is 1. The average molecular weight is 479 g/mol. The van der Waals surface area contributed by atoms with Crippen LogP contribution in [0, 0.1) is 6.92 Å². The van der Waals surface area contributed by atoms with E-state index in [2.05, 4.69) is 58.4 Å². The summed E-state index contributed by atoms with van der Waals surface area (Å²) in [5, 5.41) is 3.18. The number of aryl methyl sites for hydroxylation is 1. The van der Waals surface area contributed by atoms with Crippen LogP contribution in [0.25, 0.3) is 10.8 Å². The highest BCUT2D eigenvalue weighted by Crippen LogP contribution is 2.28. The van der Waals surface area contributed by atoms with E-state index in [4.69, 9.17) is 0 Å². The minimum atomic E-state index is -3.41. The van der Waals surface area contributed by atoms with Gasteiger partial charge in [-0.1, -0.05) is 72.8 Å². The van der Waals surface area contributed by atoms with E-state index in [1.54, 1.807) is 0 Å². The molecule has 0 amide bonds. The molecule has 3 aromatic carbocycles. The molecule has 170 valence electrons. The van der Waals surface area contributed by atoms with Crippen LogP contribution in [0.5, 0.6) is 0 Å². The monoisotopic (exact) mass is 478 g/mol. The maximum Gasteiger partial charge on any atom is 0.197 e. The number of nitrogens with zero attached hydrogens (tertiary/aromatic N) is 2. The number of sulfone groups is 1. The molecule has 4 aromatic rings. The molecule has 0 aliphatic carbocycles. The highest BCUT2D eigenvalue weighted by Gasteiger charge is 2.22. The third-order valence-corrected chi connectivity index (χ3v) is 7.28. The second kappa shape index (κ2) is 9.85. The molecule has 0 aliphatic rings. The van der Waals surface area contributed by atoms with Crippen molar-refractivity contribution in [1.29, 1.82) is 0 Å². The molecule has 0 radical (unpaired) electrons. The Bertz CT molecular complexity index is 1370. The van der Waals surface area contributed by atoms with Crippen LogP contribution < -0.4 is 4.90 Å². The Morgan fingerprint density at radius 1 is 0.970 bits per heavy atom. The molecular weight excluding hydrogens is 452 g/mol. The molecule has 5 nitrogen and oxygen atoms in total. The fraction of sp³-hybridized carbons (Fsp3) is 0.231. The van der Waals surface area contributed by atoms with Gasteiger partial charge in [0.2, 0.25) is 0 Å². The Kier molecular flexibility index (Phi) is 6.91. The third kappa shape index (κ3) is 5.86. The number of carbonyl (C=O) groups is 1. The van der Waals surface area contributed by atoms with Gasteiger partial charge in [-0.3, -0.25) is 4.79 Å². The number of hydrogen-bond donors (Lipinski definition) is 0. The van der Waals surface area contributed by atoms with Crippen LogP contribution in [0.15, 0.2) is 72.8 Å². The molecule has 0 spiro atoms. The summed E-state index contributed by atoms with van der Waals surface area (Å²) in [6, 6.07) is 24.8. The van der Waals surface area contributed by atoms with Gasteiger partial charge in [-0.15, -0.1) is 11.3 Å². The van der Waals surface area contributed by atoms with Crippen molar-refractivity contribution in [1.82, 2.24) is 4.98 Å². The van der Waals surface area contributed by atoms with Crippen molar-refractivity contribution >= 4 is 42.9 Å². The predicted molar refractivity (Wildman–Crippen MR) is 136 cm³/mol. The van der Waals surface area contributed by atoms with E-state index in [0.717, 1.165) is 34.8 Å². The number of hydrogen-bond acceptors (Lipinski definition) is 6. The van der Waals surface area contributed by atoms with E-state index in [0.29, 0.717) is 6.54 Å². The number of anilines is 1. The van der Waals surface area contributed by atoms with Gasteiger partial charge in [0, 0.05) is 24.2 Å². The van der Waals surface area contributed by atoms with Crippen molar-refractivity contribution in [2.75, 3.05) is 23.5 Å². The second-order valence-corrected chi connectivity index (χ2v) is 11.5. The van der Waals surface area contributed by atoms with Gasteiger partial charge in [0.25, 0.3) is 0 Å². The second-order valence-electron chi connectivity index (χ2n) is 8.19. The number of thiazole rings is 1. The smallest absolute Gasteiger partial charge is 0.197 e. The Hall–Kier alpha value is -3.03. The minimum Gasteiger partial charge on any atom is -0.343 e. The van der Waals surface area contributed by atoms with Gasteiger partial charge in [-0.25, -0.2) is 13.4 Å². The van der Waals surface area contributed by atoms with Crippen molar-refractivity contribution in [3.63, 3.8) is 0 Å². The molecule has 0 unspecified atom stereocenters. The van der Waals surface area contributed by atoms with Gasteiger partial charge >= 0.3 is 0 Å². The molecule has 0 bridgehead atoms.